The number of rotatable bonds is 9. The first-order chi connectivity index (χ1) is 16.4. The summed E-state index contributed by atoms with van der Waals surface area (Å²) in [6.45, 7) is -0.397. The van der Waals surface area contributed by atoms with Crippen molar-refractivity contribution in [2.24, 2.45) is 0 Å². The Morgan fingerprint density at radius 1 is 1.03 bits per heavy atom. The number of hydrogen-bond acceptors (Lipinski definition) is 8. The molecule has 0 aliphatic carbocycles. The van der Waals surface area contributed by atoms with Gasteiger partial charge in [-0.3, -0.25) is 10.1 Å². The number of ether oxygens (including phenoxy) is 4. The lowest BCUT2D eigenvalue weighted by Gasteiger charge is -2.28. The number of hydrogen-bond donors (Lipinski definition) is 2. The van der Waals surface area contributed by atoms with E-state index in [1.807, 2.05) is 54.6 Å². The van der Waals surface area contributed by atoms with Crippen LogP contribution in [0.15, 0.2) is 60.7 Å². The molecule has 0 bridgehead atoms. The Balaban J connectivity index is 1.77. The quantitative estimate of drug-likeness (QED) is 0.363. The van der Waals surface area contributed by atoms with Gasteiger partial charge in [0.05, 0.1) is 26.7 Å². The summed E-state index contributed by atoms with van der Waals surface area (Å²) in [4.78, 5) is 11.3. The van der Waals surface area contributed by atoms with Gasteiger partial charge in [-0.25, -0.2) is 0 Å². The summed E-state index contributed by atoms with van der Waals surface area (Å²) in [5.74, 6) is 0.0427. The van der Waals surface area contributed by atoms with Crippen LogP contribution in [0.5, 0.6) is 11.5 Å². The second-order valence-corrected chi connectivity index (χ2v) is 8.11. The summed E-state index contributed by atoms with van der Waals surface area (Å²) >= 11 is 0. The average Bonchev–Trinajstić information content (AvgIpc) is 3.13. The first-order valence-electron chi connectivity index (χ1n) is 10.9. The van der Waals surface area contributed by atoms with Crippen LogP contribution in [0.1, 0.15) is 17.0 Å². The van der Waals surface area contributed by atoms with Gasteiger partial charge in [-0.15, -0.1) is 0 Å². The van der Waals surface area contributed by atoms with Gasteiger partial charge >= 0.3 is 0 Å². The van der Waals surface area contributed by atoms with Crippen molar-refractivity contribution in [3.8, 4) is 11.5 Å². The van der Waals surface area contributed by atoms with Gasteiger partial charge in [0.15, 0.2) is 6.29 Å². The van der Waals surface area contributed by atoms with Crippen molar-refractivity contribution in [3.63, 3.8) is 0 Å². The fourth-order valence-corrected chi connectivity index (χ4v) is 4.51. The van der Waals surface area contributed by atoms with E-state index in [4.69, 9.17) is 18.9 Å². The van der Waals surface area contributed by atoms with E-state index in [9.17, 15) is 20.3 Å². The molecular weight excluding hydrogens is 442 g/mol. The van der Waals surface area contributed by atoms with E-state index in [1.165, 1.54) is 14.2 Å². The van der Waals surface area contributed by atoms with E-state index in [0.29, 0.717) is 22.4 Å². The molecule has 1 unspecified atom stereocenters. The number of nitrogens with zero attached hydrogens (tertiary/aromatic N) is 1. The van der Waals surface area contributed by atoms with Gasteiger partial charge in [0.2, 0.25) is 6.54 Å². The number of fused-ring (bicyclic) bond motifs is 1. The van der Waals surface area contributed by atoms with E-state index in [-0.39, 0.29) is 6.61 Å². The van der Waals surface area contributed by atoms with E-state index < -0.39 is 42.0 Å². The zero-order valence-corrected chi connectivity index (χ0v) is 18.9. The number of benzene rings is 3. The molecule has 3 aromatic carbocycles. The Bertz CT molecular complexity index is 1140. The number of nitro groups is 1. The maximum absolute atomic E-state index is 11.7. The topological polar surface area (TPSA) is 121 Å². The van der Waals surface area contributed by atoms with E-state index >= 15 is 0 Å². The summed E-state index contributed by atoms with van der Waals surface area (Å²) in [6, 6.07) is 18.4. The molecule has 1 fully saturated rings. The Hall–Kier alpha value is -3.24. The van der Waals surface area contributed by atoms with E-state index in [1.54, 1.807) is 6.07 Å². The van der Waals surface area contributed by atoms with Gasteiger partial charge in [0.25, 0.3) is 0 Å². The molecule has 0 saturated carbocycles. The second-order valence-electron chi connectivity index (χ2n) is 8.11. The van der Waals surface area contributed by atoms with Crippen LogP contribution in [-0.2, 0) is 16.1 Å². The van der Waals surface area contributed by atoms with Crippen LogP contribution < -0.4 is 9.47 Å². The third-order valence-electron chi connectivity index (χ3n) is 6.09. The predicted octanol–water partition coefficient (Wildman–Crippen LogP) is 2.88. The summed E-state index contributed by atoms with van der Waals surface area (Å²) in [5, 5.41) is 34.1. The van der Waals surface area contributed by atoms with Crippen molar-refractivity contribution in [2.75, 3.05) is 20.8 Å². The van der Waals surface area contributed by atoms with E-state index in [0.717, 1.165) is 10.9 Å². The van der Waals surface area contributed by atoms with Crippen LogP contribution in [0.4, 0.5) is 0 Å². The third kappa shape index (κ3) is 4.69. The van der Waals surface area contributed by atoms with Crippen molar-refractivity contribution >= 4 is 10.8 Å². The lowest BCUT2D eigenvalue weighted by molar-refractivity contribution is -0.486. The molecule has 1 saturated heterocycles. The molecule has 5 atom stereocenters. The number of methoxy groups -OCH3 is 2. The molecule has 9 nitrogen and oxygen atoms in total. The Kier molecular flexibility index (Phi) is 7.28. The highest BCUT2D eigenvalue weighted by Gasteiger charge is 2.50. The molecule has 0 radical (unpaired) electrons. The summed E-state index contributed by atoms with van der Waals surface area (Å²) in [5.41, 5.74) is 1.32. The Labute approximate surface area is 196 Å². The van der Waals surface area contributed by atoms with Gasteiger partial charge in [0, 0.05) is 21.3 Å². The molecule has 2 N–H and O–H groups in total. The van der Waals surface area contributed by atoms with Crippen LogP contribution >= 0.6 is 0 Å². The van der Waals surface area contributed by atoms with Crippen molar-refractivity contribution in [1.29, 1.82) is 0 Å². The molecule has 9 heteroatoms. The molecule has 180 valence electrons. The van der Waals surface area contributed by atoms with Crippen LogP contribution in [0, 0.1) is 10.1 Å². The molecule has 4 rings (SSSR count). The standard InChI is InChI=1S/C25H27NO8/c1-31-20-12-18(22(32-2)17-11-7-6-10-16(17)20)19(13-26(29)30)23-24(21(27)25(28)34-23)33-14-15-8-4-3-5-9-15/h3-12,19,21,23-25,27-28H,13-14H2,1-2H3/t19-,21-,23-,24-,25?/m1/s1. The normalized spacial score (nSPS) is 23.1. The highest BCUT2D eigenvalue weighted by atomic mass is 16.7. The van der Waals surface area contributed by atoms with Crippen molar-refractivity contribution in [3.05, 3.63) is 81.9 Å². The minimum absolute atomic E-state index is 0.137. The van der Waals surface area contributed by atoms with Gasteiger partial charge in [-0.2, -0.15) is 0 Å². The molecule has 0 spiro atoms. The van der Waals surface area contributed by atoms with Gasteiger partial charge < -0.3 is 29.2 Å². The van der Waals surface area contributed by atoms with Crippen LogP contribution in [0.25, 0.3) is 10.8 Å². The smallest absolute Gasteiger partial charge is 0.213 e. The summed E-state index contributed by atoms with van der Waals surface area (Å²) in [7, 11) is 3.01. The van der Waals surface area contributed by atoms with Crippen molar-refractivity contribution < 1.29 is 34.1 Å². The molecule has 1 aliphatic rings. The molecule has 1 heterocycles. The molecular formula is C25H27NO8. The third-order valence-corrected chi connectivity index (χ3v) is 6.09. The molecule has 3 aromatic rings. The van der Waals surface area contributed by atoms with Crippen LogP contribution in [0.2, 0.25) is 0 Å². The average molecular weight is 469 g/mol. The monoisotopic (exact) mass is 469 g/mol. The lowest BCUT2D eigenvalue weighted by atomic mass is 9.87. The van der Waals surface area contributed by atoms with Gasteiger partial charge in [-0.1, -0.05) is 54.6 Å². The predicted molar refractivity (Wildman–Crippen MR) is 124 cm³/mol. The Morgan fingerprint density at radius 2 is 1.71 bits per heavy atom. The zero-order chi connectivity index (χ0) is 24.2. The summed E-state index contributed by atoms with van der Waals surface area (Å²) in [6.07, 6.45) is -4.95. The highest BCUT2D eigenvalue weighted by Crippen LogP contribution is 2.44. The maximum Gasteiger partial charge on any atom is 0.213 e. The largest absolute Gasteiger partial charge is 0.496 e. The molecule has 34 heavy (non-hydrogen) atoms. The van der Waals surface area contributed by atoms with Crippen molar-refractivity contribution in [2.45, 2.75) is 37.1 Å². The van der Waals surface area contributed by atoms with Crippen molar-refractivity contribution in [1.82, 2.24) is 0 Å². The van der Waals surface area contributed by atoms with E-state index in [2.05, 4.69) is 0 Å². The fraction of sp³-hybridized carbons (Fsp3) is 0.360. The van der Waals surface area contributed by atoms with Gasteiger partial charge in [-0.05, 0) is 11.6 Å². The fourth-order valence-electron chi connectivity index (χ4n) is 4.51. The zero-order valence-electron chi connectivity index (χ0n) is 18.9. The highest BCUT2D eigenvalue weighted by molar-refractivity contribution is 5.94. The van der Waals surface area contributed by atoms with Crippen LogP contribution in [-0.4, -0.2) is 60.5 Å². The minimum atomic E-state index is -1.55. The SMILES string of the molecule is COc1cc([C@@H](C[N+](=O)[O-])[C@H]2OC(O)[C@H](O)[C@H]2OCc2ccccc2)c(OC)c2ccccc12. The van der Waals surface area contributed by atoms with Crippen LogP contribution in [0.3, 0.4) is 0 Å². The Morgan fingerprint density at radius 3 is 2.35 bits per heavy atom. The first-order valence-corrected chi connectivity index (χ1v) is 10.9. The molecule has 0 amide bonds. The first kappa shape index (κ1) is 23.9. The summed E-state index contributed by atoms with van der Waals surface area (Å²) < 4.78 is 22.9. The second kappa shape index (κ2) is 10.4. The number of aliphatic hydroxyl groups is 2. The maximum atomic E-state index is 11.7. The molecule has 0 aromatic heterocycles. The minimum Gasteiger partial charge on any atom is -0.496 e. The number of aliphatic hydroxyl groups excluding tert-OH is 2. The van der Waals surface area contributed by atoms with Gasteiger partial charge in [0.1, 0.15) is 29.8 Å². The molecule has 1 aliphatic heterocycles. The lowest BCUT2D eigenvalue weighted by Crippen LogP contribution is -2.39.